The third-order valence-corrected chi connectivity index (χ3v) is 3.84. The van der Waals surface area contributed by atoms with Gasteiger partial charge in [0.1, 0.15) is 0 Å². The predicted molar refractivity (Wildman–Crippen MR) is 88.5 cm³/mol. The van der Waals surface area contributed by atoms with E-state index in [1.165, 1.54) is 25.0 Å². The van der Waals surface area contributed by atoms with Crippen molar-refractivity contribution in [3.05, 3.63) is 42.0 Å². The molecule has 2 aromatic rings. The third kappa shape index (κ3) is 3.89. The first-order valence-corrected chi connectivity index (χ1v) is 7.98. The number of hydrogen-bond donors (Lipinski definition) is 1. The van der Waals surface area contributed by atoms with Gasteiger partial charge in [0, 0.05) is 41.5 Å². The molecule has 1 aromatic carbocycles. The molecular formula is C18H23F2N3. The van der Waals surface area contributed by atoms with Crippen LogP contribution in [0.4, 0.5) is 14.5 Å². The number of nitrogens with zero attached hydrogens (tertiary/aromatic N) is 2. The SMILES string of the molecule is CC(C)(C)Nc1cc(-n2cnc(C3CC3)c2)cc(C(C)(F)F)c1. The topological polar surface area (TPSA) is 29.9 Å². The highest BCUT2D eigenvalue weighted by molar-refractivity contribution is 5.56. The van der Waals surface area contributed by atoms with Gasteiger partial charge in [-0.2, -0.15) is 0 Å². The molecule has 1 fully saturated rings. The van der Waals surface area contributed by atoms with Crippen LogP contribution in [0.1, 0.15) is 57.7 Å². The molecule has 0 atom stereocenters. The summed E-state index contributed by atoms with van der Waals surface area (Å²) in [6.07, 6.45) is 5.99. The standard InChI is InChI=1S/C18H23F2N3/c1-17(2,3)22-14-7-13(18(4,19)20)8-15(9-14)23-10-16(21-11-23)12-5-6-12/h7-12,22H,5-6H2,1-4H3. The Morgan fingerprint density at radius 1 is 1.13 bits per heavy atom. The second-order valence-corrected chi connectivity index (χ2v) is 7.51. The number of anilines is 1. The first-order chi connectivity index (χ1) is 10.6. The van der Waals surface area contributed by atoms with Crippen molar-refractivity contribution in [2.75, 3.05) is 5.32 Å². The minimum absolute atomic E-state index is 0.00317. The molecule has 0 unspecified atom stereocenters. The Kier molecular flexibility index (Phi) is 3.69. The van der Waals surface area contributed by atoms with E-state index in [4.69, 9.17) is 0 Å². The van der Waals surface area contributed by atoms with E-state index < -0.39 is 5.92 Å². The smallest absolute Gasteiger partial charge is 0.270 e. The average molecular weight is 319 g/mol. The van der Waals surface area contributed by atoms with E-state index in [0.29, 0.717) is 17.3 Å². The van der Waals surface area contributed by atoms with E-state index in [-0.39, 0.29) is 11.1 Å². The van der Waals surface area contributed by atoms with Crippen molar-refractivity contribution >= 4 is 5.69 Å². The van der Waals surface area contributed by atoms with Crippen LogP contribution in [0.15, 0.2) is 30.7 Å². The highest BCUT2D eigenvalue weighted by Gasteiger charge is 2.28. The highest BCUT2D eigenvalue weighted by Crippen LogP contribution is 2.39. The van der Waals surface area contributed by atoms with E-state index in [9.17, 15) is 8.78 Å². The van der Waals surface area contributed by atoms with E-state index >= 15 is 0 Å². The molecule has 0 saturated heterocycles. The van der Waals surface area contributed by atoms with Gasteiger partial charge >= 0.3 is 0 Å². The highest BCUT2D eigenvalue weighted by atomic mass is 19.3. The van der Waals surface area contributed by atoms with Crippen molar-refractivity contribution in [2.45, 2.75) is 57.9 Å². The van der Waals surface area contributed by atoms with E-state index in [0.717, 1.165) is 12.6 Å². The molecule has 1 saturated carbocycles. The fourth-order valence-electron chi connectivity index (χ4n) is 2.59. The van der Waals surface area contributed by atoms with Crippen LogP contribution in [0.2, 0.25) is 0 Å². The summed E-state index contributed by atoms with van der Waals surface area (Å²) >= 11 is 0. The molecule has 0 radical (unpaired) electrons. The lowest BCUT2D eigenvalue weighted by molar-refractivity contribution is 0.0175. The maximum absolute atomic E-state index is 13.9. The van der Waals surface area contributed by atoms with Crippen molar-refractivity contribution in [2.24, 2.45) is 0 Å². The Hall–Kier alpha value is -1.91. The molecule has 1 N–H and O–H groups in total. The molecule has 3 rings (SSSR count). The van der Waals surface area contributed by atoms with E-state index in [2.05, 4.69) is 10.3 Å². The van der Waals surface area contributed by atoms with Gasteiger partial charge in [-0.3, -0.25) is 0 Å². The molecular weight excluding hydrogens is 296 g/mol. The molecule has 0 spiro atoms. The quantitative estimate of drug-likeness (QED) is 0.852. The van der Waals surface area contributed by atoms with Gasteiger partial charge in [-0.15, -0.1) is 0 Å². The van der Waals surface area contributed by atoms with Crippen LogP contribution in [0.5, 0.6) is 0 Å². The van der Waals surface area contributed by atoms with Crippen molar-refractivity contribution in [3.63, 3.8) is 0 Å². The zero-order chi connectivity index (χ0) is 16.8. The van der Waals surface area contributed by atoms with Gasteiger partial charge in [0.15, 0.2) is 0 Å². The minimum atomic E-state index is -2.88. The van der Waals surface area contributed by atoms with E-state index in [1.54, 1.807) is 6.33 Å². The summed E-state index contributed by atoms with van der Waals surface area (Å²) in [4.78, 5) is 4.41. The summed E-state index contributed by atoms with van der Waals surface area (Å²) < 4.78 is 29.5. The molecule has 23 heavy (non-hydrogen) atoms. The van der Waals surface area contributed by atoms with Gasteiger partial charge in [0.05, 0.1) is 12.0 Å². The first-order valence-electron chi connectivity index (χ1n) is 7.98. The van der Waals surface area contributed by atoms with Gasteiger partial charge in [-0.1, -0.05) is 0 Å². The monoisotopic (exact) mass is 319 g/mol. The van der Waals surface area contributed by atoms with Gasteiger partial charge < -0.3 is 9.88 Å². The zero-order valence-electron chi connectivity index (χ0n) is 14.0. The second-order valence-electron chi connectivity index (χ2n) is 7.51. The van der Waals surface area contributed by atoms with Gasteiger partial charge in [0.2, 0.25) is 0 Å². The van der Waals surface area contributed by atoms with E-state index in [1.807, 2.05) is 37.6 Å². The Balaban J connectivity index is 2.01. The number of imidazole rings is 1. The van der Waals surface area contributed by atoms with Crippen molar-refractivity contribution < 1.29 is 8.78 Å². The molecule has 1 aliphatic carbocycles. The lowest BCUT2D eigenvalue weighted by Crippen LogP contribution is -2.26. The summed E-state index contributed by atoms with van der Waals surface area (Å²) in [6.45, 7) is 6.94. The normalized spacial score (nSPS) is 15.7. The Labute approximate surface area is 135 Å². The summed E-state index contributed by atoms with van der Waals surface area (Å²) in [7, 11) is 0. The molecule has 5 heteroatoms. The molecule has 0 aliphatic heterocycles. The minimum Gasteiger partial charge on any atom is -0.380 e. The van der Waals surface area contributed by atoms with Crippen molar-refractivity contribution in [1.82, 2.24) is 9.55 Å². The number of rotatable bonds is 4. The Morgan fingerprint density at radius 3 is 2.39 bits per heavy atom. The number of halogens is 2. The van der Waals surface area contributed by atoms with Crippen molar-refractivity contribution in [1.29, 1.82) is 0 Å². The average Bonchev–Trinajstić information content (AvgIpc) is 3.13. The van der Waals surface area contributed by atoms with Crippen molar-refractivity contribution in [3.8, 4) is 5.69 Å². The van der Waals surface area contributed by atoms with Crippen LogP contribution in [0.25, 0.3) is 5.69 Å². The van der Waals surface area contributed by atoms with Crippen LogP contribution in [-0.4, -0.2) is 15.1 Å². The summed E-state index contributed by atoms with van der Waals surface area (Å²) in [5.74, 6) is -2.34. The molecule has 124 valence electrons. The molecule has 1 heterocycles. The summed E-state index contributed by atoms with van der Waals surface area (Å²) in [5.41, 5.74) is 2.24. The fourth-order valence-corrected chi connectivity index (χ4v) is 2.59. The molecule has 3 nitrogen and oxygen atoms in total. The largest absolute Gasteiger partial charge is 0.380 e. The van der Waals surface area contributed by atoms with Crippen LogP contribution in [-0.2, 0) is 5.92 Å². The van der Waals surface area contributed by atoms with Crippen LogP contribution in [0.3, 0.4) is 0 Å². The third-order valence-electron chi connectivity index (χ3n) is 3.84. The number of hydrogen-bond acceptors (Lipinski definition) is 2. The summed E-state index contributed by atoms with van der Waals surface area (Å²) in [6, 6.07) is 4.94. The van der Waals surface area contributed by atoms with Gasteiger partial charge in [0.25, 0.3) is 5.92 Å². The Bertz CT molecular complexity index is 704. The number of nitrogens with one attached hydrogen (secondary N) is 1. The Morgan fingerprint density at radius 2 is 1.83 bits per heavy atom. The molecule has 1 aromatic heterocycles. The lowest BCUT2D eigenvalue weighted by Gasteiger charge is -2.24. The number of alkyl halides is 2. The first kappa shape index (κ1) is 16.0. The van der Waals surface area contributed by atoms with Gasteiger partial charge in [-0.05, 0) is 51.8 Å². The maximum atomic E-state index is 13.9. The fraction of sp³-hybridized carbons (Fsp3) is 0.500. The summed E-state index contributed by atoms with van der Waals surface area (Å²) in [5, 5.41) is 3.28. The predicted octanol–water partition coefficient (Wildman–Crippen LogP) is 5.07. The van der Waals surface area contributed by atoms with Gasteiger partial charge in [-0.25, -0.2) is 13.8 Å². The molecule has 0 amide bonds. The molecule has 1 aliphatic rings. The zero-order valence-corrected chi connectivity index (χ0v) is 14.0. The van der Waals surface area contributed by atoms with Crippen LogP contribution < -0.4 is 5.32 Å². The maximum Gasteiger partial charge on any atom is 0.270 e. The van der Waals surface area contributed by atoms with Crippen LogP contribution >= 0.6 is 0 Å². The number of aromatic nitrogens is 2. The van der Waals surface area contributed by atoms with Crippen LogP contribution in [0, 0.1) is 0 Å². The lowest BCUT2D eigenvalue weighted by atomic mass is 10.0. The second kappa shape index (κ2) is 5.32. The molecule has 0 bridgehead atoms. The number of benzene rings is 1.